The zero-order valence-electron chi connectivity index (χ0n) is 11.3. The van der Waals surface area contributed by atoms with Crippen molar-refractivity contribution >= 4 is 17.2 Å². The summed E-state index contributed by atoms with van der Waals surface area (Å²) in [7, 11) is 0. The van der Waals surface area contributed by atoms with Crippen molar-refractivity contribution in [3.8, 4) is 0 Å². The van der Waals surface area contributed by atoms with Crippen molar-refractivity contribution in [2.24, 2.45) is 5.92 Å². The summed E-state index contributed by atoms with van der Waals surface area (Å²) in [6.07, 6.45) is 2.55. The predicted octanol–water partition coefficient (Wildman–Crippen LogP) is 2.70. The highest BCUT2D eigenvalue weighted by Gasteiger charge is 2.33. The molecule has 0 aliphatic heterocycles. The van der Waals surface area contributed by atoms with Crippen molar-refractivity contribution < 1.29 is 4.79 Å². The van der Waals surface area contributed by atoms with Crippen LogP contribution >= 0.6 is 11.3 Å². The Labute approximate surface area is 113 Å². The lowest BCUT2D eigenvalue weighted by atomic mass is 10.1. The first kappa shape index (κ1) is 13.6. The number of nitrogens with one attached hydrogen (secondary N) is 2. The van der Waals surface area contributed by atoms with Crippen LogP contribution in [0.4, 0.5) is 0 Å². The number of thiophene rings is 1. The molecular weight excluding hydrogens is 244 g/mol. The Bertz CT molecular complexity index is 390. The average molecular weight is 266 g/mol. The smallest absolute Gasteiger partial charge is 0.234 e. The molecule has 100 valence electrons. The van der Waals surface area contributed by atoms with Gasteiger partial charge in [-0.1, -0.05) is 6.07 Å². The highest BCUT2D eigenvalue weighted by atomic mass is 32.1. The summed E-state index contributed by atoms with van der Waals surface area (Å²) >= 11 is 1.77. The minimum atomic E-state index is -0.156. The molecule has 1 aliphatic rings. The number of hydrogen-bond acceptors (Lipinski definition) is 3. The van der Waals surface area contributed by atoms with E-state index in [1.807, 2.05) is 20.8 Å². The van der Waals surface area contributed by atoms with Crippen LogP contribution in [0.25, 0.3) is 0 Å². The number of amides is 1. The summed E-state index contributed by atoms with van der Waals surface area (Å²) in [5, 5.41) is 8.48. The van der Waals surface area contributed by atoms with Gasteiger partial charge in [-0.2, -0.15) is 0 Å². The van der Waals surface area contributed by atoms with Crippen molar-refractivity contribution in [3.05, 3.63) is 22.4 Å². The normalized spacial score (nSPS) is 17.5. The highest BCUT2D eigenvalue weighted by Crippen LogP contribution is 2.42. The Hall–Kier alpha value is -0.870. The lowest BCUT2D eigenvalue weighted by Gasteiger charge is -2.22. The monoisotopic (exact) mass is 266 g/mol. The fourth-order valence-electron chi connectivity index (χ4n) is 2.06. The van der Waals surface area contributed by atoms with Gasteiger partial charge in [0.2, 0.25) is 5.91 Å². The van der Waals surface area contributed by atoms with Crippen LogP contribution in [-0.2, 0) is 4.79 Å². The molecule has 2 rings (SSSR count). The van der Waals surface area contributed by atoms with Crippen molar-refractivity contribution in [2.75, 3.05) is 6.54 Å². The highest BCUT2D eigenvalue weighted by molar-refractivity contribution is 7.10. The molecule has 1 aromatic rings. The van der Waals surface area contributed by atoms with Gasteiger partial charge in [0.1, 0.15) is 0 Å². The van der Waals surface area contributed by atoms with Gasteiger partial charge in [0.15, 0.2) is 0 Å². The van der Waals surface area contributed by atoms with Crippen LogP contribution in [0.3, 0.4) is 0 Å². The van der Waals surface area contributed by atoms with Gasteiger partial charge in [-0.3, -0.25) is 4.79 Å². The fraction of sp³-hybridized carbons (Fsp3) is 0.643. The lowest BCUT2D eigenvalue weighted by Crippen LogP contribution is -2.45. The number of carbonyl (C=O) groups is 1. The molecule has 1 aliphatic carbocycles. The molecule has 1 fully saturated rings. The summed E-state index contributed by atoms with van der Waals surface area (Å²) in [5.74, 6) is 0.788. The van der Waals surface area contributed by atoms with E-state index in [-0.39, 0.29) is 11.4 Å². The third kappa shape index (κ3) is 4.10. The van der Waals surface area contributed by atoms with Crippen LogP contribution < -0.4 is 10.6 Å². The van der Waals surface area contributed by atoms with E-state index < -0.39 is 0 Å². The molecule has 1 unspecified atom stereocenters. The molecule has 0 saturated heterocycles. The van der Waals surface area contributed by atoms with Crippen LogP contribution in [0.2, 0.25) is 0 Å². The third-order valence-electron chi connectivity index (χ3n) is 2.94. The number of rotatable bonds is 5. The second kappa shape index (κ2) is 5.41. The van der Waals surface area contributed by atoms with E-state index in [4.69, 9.17) is 0 Å². The zero-order chi connectivity index (χ0) is 13.2. The molecule has 3 nitrogen and oxygen atoms in total. The van der Waals surface area contributed by atoms with E-state index in [2.05, 4.69) is 28.1 Å². The predicted molar refractivity (Wildman–Crippen MR) is 75.7 cm³/mol. The van der Waals surface area contributed by atoms with Gasteiger partial charge in [-0.05, 0) is 51.0 Å². The molecule has 1 amide bonds. The molecule has 1 atom stereocenters. The molecular formula is C14H22N2OS. The van der Waals surface area contributed by atoms with Crippen LogP contribution in [0.15, 0.2) is 17.5 Å². The molecule has 0 radical (unpaired) electrons. The van der Waals surface area contributed by atoms with Gasteiger partial charge in [0.05, 0.1) is 6.54 Å². The van der Waals surface area contributed by atoms with Crippen LogP contribution in [0.1, 0.15) is 44.5 Å². The second-order valence-corrected chi connectivity index (χ2v) is 6.99. The topological polar surface area (TPSA) is 41.1 Å². The summed E-state index contributed by atoms with van der Waals surface area (Å²) in [4.78, 5) is 13.2. The molecule has 0 spiro atoms. The Morgan fingerprint density at radius 3 is 2.72 bits per heavy atom. The van der Waals surface area contributed by atoms with Crippen LogP contribution in [0, 0.1) is 5.92 Å². The first-order valence-electron chi connectivity index (χ1n) is 6.53. The third-order valence-corrected chi connectivity index (χ3v) is 3.90. The van der Waals surface area contributed by atoms with Gasteiger partial charge in [0, 0.05) is 16.5 Å². The van der Waals surface area contributed by atoms with E-state index in [1.165, 1.54) is 17.7 Å². The fourth-order valence-corrected chi connectivity index (χ4v) is 2.96. The van der Waals surface area contributed by atoms with Crippen LogP contribution in [0.5, 0.6) is 0 Å². The standard InChI is InChI=1S/C14H22N2OS/c1-14(2,3)16-12(17)9-15-13(10-6-7-10)11-5-4-8-18-11/h4-5,8,10,13,15H,6-7,9H2,1-3H3,(H,16,17). The average Bonchev–Trinajstić information content (AvgIpc) is 2.91. The summed E-state index contributed by atoms with van der Waals surface area (Å²) in [5.41, 5.74) is -0.156. The first-order valence-corrected chi connectivity index (χ1v) is 7.41. The van der Waals surface area contributed by atoms with Crippen molar-refractivity contribution in [2.45, 2.75) is 45.2 Å². The van der Waals surface area contributed by atoms with E-state index in [0.29, 0.717) is 18.5 Å². The second-order valence-electron chi connectivity index (χ2n) is 6.01. The number of carbonyl (C=O) groups excluding carboxylic acids is 1. The summed E-state index contributed by atoms with van der Waals surface area (Å²) in [6, 6.07) is 4.59. The van der Waals surface area contributed by atoms with E-state index >= 15 is 0 Å². The molecule has 1 aromatic heterocycles. The molecule has 2 N–H and O–H groups in total. The Balaban J connectivity index is 1.85. The molecule has 0 aromatic carbocycles. The molecule has 1 heterocycles. The molecule has 1 saturated carbocycles. The first-order chi connectivity index (χ1) is 8.46. The SMILES string of the molecule is CC(C)(C)NC(=O)CNC(c1cccs1)C1CC1. The van der Waals surface area contributed by atoms with E-state index in [1.54, 1.807) is 11.3 Å². The maximum atomic E-state index is 11.8. The van der Waals surface area contributed by atoms with Gasteiger partial charge < -0.3 is 10.6 Å². The number of hydrogen-bond donors (Lipinski definition) is 2. The Morgan fingerprint density at radius 1 is 1.50 bits per heavy atom. The molecule has 0 bridgehead atoms. The summed E-state index contributed by atoms with van der Waals surface area (Å²) < 4.78 is 0. The van der Waals surface area contributed by atoms with E-state index in [9.17, 15) is 4.79 Å². The largest absolute Gasteiger partial charge is 0.350 e. The lowest BCUT2D eigenvalue weighted by molar-refractivity contribution is -0.121. The van der Waals surface area contributed by atoms with Crippen molar-refractivity contribution in [1.82, 2.24) is 10.6 Å². The minimum Gasteiger partial charge on any atom is -0.350 e. The Kier molecular flexibility index (Phi) is 4.07. The van der Waals surface area contributed by atoms with Crippen LogP contribution in [-0.4, -0.2) is 18.0 Å². The van der Waals surface area contributed by atoms with Gasteiger partial charge in [0.25, 0.3) is 0 Å². The quantitative estimate of drug-likeness (QED) is 0.860. The Morgan fingerprint density at radius 2 is 2.22 bits per heavy atom. The molecule has 4 heteroatoms. The van der Waals surface area contributed by atoms with E-state index in [0.717, 1.165) is 0 Å². The maximum Gasteiger partial charge on any atom is 0.234 e. The summed E-state index contributed by atoms with van der Waals surface area (Å²) in [6.45, 7) is 6.41. The van der Waals surface area contributed by atoms with Gasteiger partial charge in [-0.25, -0.2) is 0 Å². The van der Waals surface area contributed by atoms with Gasteiger partial charge >= 0.3 is 0 Å². The van der Waals surface area contributed by atoms with Gasteiger partial charge in [-0.15, -0.1) is 11.3 Å². The maximum absolute atomic E-state index is 11.8. The zero-order valence-corrected chi connectivity index (χ0v) is 12.1. The minimum absolute atomic E-state index is 0.0738. The van der Waals surface area contributed by atoms with Crippen molar-refractivity contribution in [1.29, 1.82) is 0 Å². The molecule has 18 heavy (non-hydrogen) atoms. The van der Waals surface area contributed by atoms with Crippen molar-refractivity contribution in [3.63, 3.8) is 0 Å².